The Hall–Kier alpha value is -2.34. The Balaban J connectivity index is 1.29. The fraction of sp³-hybridized carbons (Fsp3) is 0.450. The molecule has 1 saturated heterocycles. The number of H-pyrrole nitrogens is 1. The van der Waals surface area contributed by atoms with Gasteiger partial charge in [0.25, 0.3) is 0 Å². The maximum atomic E-state index is 12.9. The van der Waals surface area contributed by atoms with Gasteiger partial charge in [-0.05, 0) is 49.3 Å². The molecule has 3 heterocycles. The summed E-state index contributed by atoms with van der Waals surface area (Å²) in [5.74, 6) is 2.82. The van der Waals surface area contributed by atoms with Crippen LogP contribution in [0, 0.1) is 0 Å². The molecule has 1 unspecified atom stereocenters. The molecule has 140 valence electrons. The first-order chi connectivity index (χ1) is 13.2. The molecule has 5 rings (SSSR count). The number of hydrogen-bond donors (Lipinski definition) is 1. The molecule has 1 aliphatic heterocycles. The molecule has 7 heteroatoms. The molecular formula is C20H22ClN5O. The van der Waals surface area contributed by atoms with Gasteiger partial charge in [-0.3, -0.25) is 9.89 Å². The van der Waals surface area contributed by atoms with Crippen molar-refractivity contribution in [1.29, 1.82) is 0 Å². The lowest BCUT2D eigenvalue weighted by Crippen LogP contribution is -2.41. The van der Waals surface area contributed by atoms with E-state index in [0.717, 1.165) is 41.9 Å². The minimum absolute atomic E-state index is 0.134. The number of nitrogens with one attached hydrogen (secondary N) is 1. The summed E-state index contributed by atoms with van der Waals surface area (Å²) in [5, 5.41) is 9.30. The van der Waals surface area contributed by atoms with Crippen LogP contribution in [0.3, 0.4) is 0 Å². The van der Waals surface area contributed by atoms with Gasteiger partial charge >= 0.3 is 0 Å². The van der Waals surface area contributed by atoms with Crippen LogP contribution in [0.5, 0.6) is 0 Å². The molecule has 27 heavy (non-hydrogen) atoms. The smallest absolute Gasteiger partial charge is 0.242 e. The number of aromatic nitrogens is 4. The van der Waals surface area contributed by atoms with Crippen LogP contribution in [0.25, 0.3) is 10.9 Å². The number of carbonyl (C=O) groups is 1. The summed E-state index contributed by atoms with van der Waals surface area (Å²) in [5.41, 5.74) is 0.993. The summed E-state index contributed by atoms with van der Waals surface area (Å²) in [7, 11) is 0. The van der Waals surface area contributed by atoms with E-state index in [-0.39, 0.29) is 11.8 Å². The predicted molar refractivity (Wildman–Crippen MR) is 104 cm³/mol. The zero-order chi connectivity index (χ0) is 18.4. The zero-order valence-electron chi connectivity index (χ0n) is 15.1. The number of hydrogen-bond acceptors (Lipinski definition) is 3. The fourth-order valence-corrected chi connectivity index (χ4v) is 4.13. The Kier molecular flexibility index (Phi) is 4.16. The highest BCUT2D eigenvalue weighted by atomic mass is 35.5. The van der Waals surface area contributed by atoms with Gasteiger partial charge in [-0.1, -0.05) is 17.7 Å². The van der Waals surface area contributed by atoms with Crippen molar-refractivity contribution >= 4 is 28.4 Å². The number of carbonyl (C=O) groups excluding carboxylic acids is 1. The standard InChI is InChI=1S/C20H22ClN5O/c21-16-6-5-13-7-9-25(17(13)10-16)12-18(27)26-8-1-2-15(11-26)20-22-19(23-24-20)14-3-4-14/h5-7,9-10,14-15H,1-4,8,11-12H2,(H,22,23,24). The average molecular weight is 384 g/mol. The number of benzene rings is 1. The third kappa shape index (κ3) is 3.34. The minimum atomic E-state index is 0.134. The Morgan fingerprint density at radius 1 is 1.22 bits per heavy atom. The number of piperidine rings is 1. The second kappa shape index (κ2) is 6.68. The van der Waals surface area contributed by atoms with E-state index in [1.54, 1.807) is 0 Å². The summed E-state index contributed by atoms with van der Waals surface area (Å²) in [6.07, 6.45) is 6.39. The maximum absolute atomic E-state index is 12.9. The van der Waals surface area contributed by atoms with E-state index < -0.39 is 0 Å². The Morgan fingerprint density at radius 3 is 2.96 bits per heavy atom. The van der Waals surface area contributed by atoms with Gasteiger partial charge in [0.1, 0.15) is 12.4 Å². The molecule has 1 N–H and O–H groups in total. The second-order valence-corrected chi connectivity index (χ2v) is 8.12. The van der Waals surface area contributed by atoms with E-state index in [1.807, 2.05) is 39.9 Å². The van der Waals surface area contributed by atoms with Crippen molar-refractivity contribution in [2.24, 2.45) is 0 Å². The molecule has 0 spiro atoms. The first-order valence-electron chi connectivity index (χ1n) is 9.62. The molecule has 2 aromatic heterocycles. The van der Waals surface area contributed by atoms with Crippen LogP contribution in [0.15, 0.2) is 30.5 Å². The predicted octanol–water partition coefficient (Wildman–Crippen LogP) is 3.70. The summed E-state index contributed by atoms with van der Waals surface area (Å²) in [6, 6.07) is 7.79. The van der Waals surface area contributed by atoms with Crippen LogP contribution < -0.4 is 0 Å². The van der Waals surface area contributed by atoms with E-state index in [0.29, 0.717) is 24.0 Å². The average Bonchev–Trinajstić information content (AvgIpc) is 3.29. The molecule has 1 atom stereocenters. The van der Waals surface area contributed by atoms with Crippen molar-refractivity contribution < 1.29 is 4.79 Å². The highest BCUT2D eigenvalue weighted by Gasteiger charge is 2.31. The Bertz CT molecular complexity index is 989. The molecular weight excluding hydrogens is 362 g/mol. The van der Waals surface area contributed by atoms with Crippen LogP contribution >= 0.6 is 11.6 Å². The van der Waals surface area contributed by atoms with Gasteiger partial charge in [-0.2, -0.15) is 5.10 Å². The van der Waals surface area contributed by atoms with Crippen LogP contribution in [0.2, 0.25) is 5.02 Å². The zero-order valence-corrected chi connectivity index (χ0v) is 15.8. The topological polar surface area (TPSA) is 66.8 Å². The summed E-state index contributed by atoms with van der Waals surface area (Å²) in [4.78, 5) is 19.6. The van der Waals surface area contributed by atoms with Gasteiger partial charge in [0.2, 0.25) is 5.91 Å². The van der Waals surface area contributed by atoms with Gasteiger partial charge in [0.15, 0.2) is 5.82 Å². The number of aromatic amines is 1. The van der Waals surface area contributed by atoms with Gasteiger partial charge in [-0.15, -0.1) is 0 Å². The van der Waals surface area contributed by atoms with Crippen molar-refractivity contribution in [3.05, 3.63) is 47.1 Å². The molecule has 6 nitrogen and oxygen atoms in total. The second-order valence-electron chi connectivity index (χ2n) is 7.68. The summed E-state index contributed by atoms with van der Waals surface area (Å²) in [6.45, 7) is 1.83. The van der Waals surface area contributed by atoms with E-state index in [9.17, 15) is 4.79 Å². The van der Waals surface area contributed by atoms with Gasteiger partial charge < -0.3 is 9.47 Å². The van der Waals surface area contributed by atoms with Crippen LogP contribution in [0.1, 0.15) is 49.2 Å². The normalized spacial score (nSPS) is 20.3. The fourth-order valence-electron chi connectivity index (χ4n) is 3.96. The molecule has 1 aromatic carbocycles. The van der Waals surface area contributed by atoms with E-state index >= 15 is 0 Å². The SMILES string of the molecule is O=C(Cn1ccc2ccc(Cl)cc21)N1CCCC(c2n[nH]c(C3CC3)n2)C1. The lowest BCUT2D eigenvalue weighted by molar-refractivity contribution is -0.133. The van der Waals surface area contributed by atoms with Crippen molar-refractivity contribution in [2.75, 3.05) is 13.1 Å². The summed E-state index contributed by atoms with van der Waals surface area (Å²) >= 11 is 6.12. The maximum Gasteiger partial charge on any atom is 0.242 e. The van der Waals surface area contributed by atoms with E-state index in [4.69, 9.17) is 16.6 Å². The molecule has 3 aromatic rings. The van der Waals surface area contributed by atoms with Gasteiger partial charge in [0, 0.05) is 41.7 Å². The lowest BCUT2D eigenvalue weighted by Gasteiger charge is -2.31. The molecule has 0 bridgehead atoms. The van der Waals surface area contributed by atoms with Crippen molar-refractivity contribution in [3.8, 4) is 0 Å². The van der Waals surface area contributed by atoms with Gasteiger partial charge in [-0.25, -0.2) is 4.98 Å². The molecule has 1 amide bonds. The number of rotatable bonds is 4. The third-order valence-electron chi connectivity index (χ3n) is 5.66. The van der Waals surface area contributed by atoms with Crippen LogP contribution in [-0.4, -0.2) is 43.6 Å². The molecule has 2 fully saturated rings. The van der Waals surface area contributed by atoms with Crippen LogP contribution in [0.4, 0.5) is 0 Å². The number of halogens is 1. The number of fused-ring (bicyclic) bond motifs is 1. The van der Waals surface area contributed by atoms with Gasteiger partial charge in [0.05, 0.1) is 0 Å². The molecule has 1 aliphatic carbocycles. The van der Waals surface area contributed by atoms with Crippen LogP contribution in [-0.2, 0) is 11.3 Å². The minimum Gasteiger partial charge on any atom is -0.340 e. The molecule has 0 radical (unpaired) electrons. The number of likely N-dealkylation sites (tertiary alicyclic amines) is 1. The quantitative estimate of drug-likeness (QED) is 0.747. The lowest BCUT2D eigenvalue weighted by atomic mass is 9.97. The van der Waals surface area contributed by atoms with Crippen molar-refractivity contribution in [2.45, 2.75) is 44.1 Å². The monoisotopic (exact) mass is 383 g/mol. The first-order valence-corrected chi connectivity index (χ1v) is 9.99. The summed E-state index contributed by atoms with van der Waals surface area (Å²) < 4.78 is 1.98. The van der Waals surface area contributed by atoms with E-state index in [2.05, 4.69) is 10.2 Å². The number of nitrogens with zero attached hydrogens (tertiary/aromatic N) is 4. The highest BCUT2D eigenvalue weighted by Crippen LogP contribution is 2.38. The third-order valence-corrected chi connectivity index (χ3v) is 5.90. The Morgan fingerprint density at radius 2 is 2.11 bits per heavy atom. The largest absolute Gasteiger partial charge is 0.340 e. The van der Waals surface area contributed by atoms with Crippen molar-refractivity contribution in [1.82, 2.24) is 24.6 Å². The Labute approximate surface area is 162 Å². The first kappa shape index (κ1) is 16.8. The van der Waals surface area contributed by atoms with E-state index in [1.165, 1.54) is 12.8 Å². The highest BCUT2D eigenvalue weighted by molar-refractivity contribution is 6.31. The molecule has 2 aliphatic rings. The number of amides is 1. The van der Waals surface area contributed by atoms with Crippen molar-refractivity contribution in [3.63, 3.8) is 0 Å². The molecule has 1 saturated carbocycles.